The molecule has 1 rings (SSSR count). The lowest BCUT2D eigenvalue weighted by Crippen LogP contribution is -2.28. The lowest BCUT2D eigenvalue weighted by Gasteiger charge is -2.16. The van der Waals surface area contributed by atoms with Gasteiger partial charge in [0.25, 0.3) is 0 Å². The van der Waals surface area contributed by atoms with Crippen LogP contribution < -0.4 is 10.5 Å². The van der Waals surface area contributed by atoms with Gasteiger partial charge in [-0.25, -0.2) is 4.79 Å². The van der Waals surface area contributed by atoms with Gasteiger partial charge < -0.3 is 15.2 Å². The lowest BCUT2D eigenvalue weighted by molar-refractivity contribution is -0.151. The maximum atomic E-state index is 11.6. The van der Waals surface area contributed by atoms with Crippen molar-refractivity contribution in [3.8, 4) is 5.75 Å². The van der Waals surface area contributed by atoms with Gasteiger partial charge in [-0.2, -0.15) is 0 Å². The number of carbonyl (C=O) groups excluding carboxylic acids is 1. The maximum Gasteiger partial charge on any atom is 0.347 e. The topological polar surface area (TPSA) is 61.5 Å². The number of hydrogen-bond acceptors (Lipinski definition) is 4. The van der Waals surface area contributed by atoms with Gasteiger partial charge in [-0.05, 0) is 44.4 Å². The quantitative estimate of drug-likeness (QED) is 0.768. The molecule has 4 heteroatoms. The normalized spacial score (nSPS) is 13.7. The third kappa shape index (κ3) is 5.30. The molecule has 2 atom stereocenters. The van der Waals surface area contributed by atoms with Gasteiger partial charge in [0.05, 0.1) is 6.61 Å². The Bertz CT molecular complexity index is 387. The molecule has 19 heavy (non-hydrogen) atoms. The van der Waals surface area contributed by atoms with Crippen LogP contribution in [0, 0.1) is 0 Å². The average Bonchev–Trinajstić information content (AvgIpc) is 2.37. The van der Waals surface area contributed by atoms with Crippen molar-refractivity contribution in [2.75, 3.05) is 6.61 Å². The van der Waals surface area contributed by atoms with Crippen molar-refractivity contribution in [3.63, 3.8) is 0 Å². The predicted octanol–water partition coefficient (Wildman–Crippen LogP) is 2.30. The highest BCUT2D eigenvalue weighted by atomic mass is 16.6. The number of rotatable bonds is 7. The van der Waals surface area contributed by atoms with Gasteiger partial charge in [0, 0.05) is 6.04 Å². The highest BCUT2D eigenvalue weighted by Gasteiger charge is 2.19. The summed E-state index contributed by atoms with van der Waals surface area (Å²) < 4.78 is 10.6. The highest BCUT2D eigenvalue weighted by molar-refractivity contribution is 5.75. The first kappa shape index (κ1) is 15.5. The van der Waals surface area contributed by atoms with Crippen molar-refractivity contribution in [2.45, 2.75) is 45.8 Å². The van der Waals surface area contributed by atoms with Crippen LogP contribution in [0.3, 0.4) is 0 Å². The van der Waals surface area contributed by atoms with Crippen molar-refractivity contribution < 1.29 is 14.3 Å². The minimum atomic E-state index is -0.542. The van der Waals surface area contributed by atoms with Crippen molar-refractivity contribution in [1.29, 1.82) is 0 Å². The number of carbonyl (C=O) groups is 1. The summed E-state index contributed by atoms with van der Waals surface area (Å²) in [6.45, 7) is 6.02. The van der Waals surface area contributed by atoms with E-state index in [0.717, 1.165) is 12.0 Å². The molecule has 0 heterocycles. The van der Waals surface area contributed by atoms with E-state index in [1.165, 1.54) is 0 Å². The van der Waals surface area contributed by atoms with Crippen molar-refractivity contribution >= 4 is 5.97 Å². The number of benzene rings is 1. The molecular formula is C15H23NO3. The summed E-state index contributed by atoms with van der Waals surface area (Å²) in [4.78, 5) is 11.6. The Kier molecular flexibility index (Phi) is 6.36. The smallest absolute Gasteiger partial charge is 0.347 e. The minimum Gasteiger partial charge on any atom is -0.479 e. The minimum absolute atomic E-state index is 0.134. The number of esters is 1. The summed E-state index contributed by atoms with van der Waals surface area (Å²) in [6.07, 6.45) is 0.870. The Morgan fingerprint density at radius 1 is 1.26 bits per heavy atom. The first-order valence-corrected chi connectivity index (χ1v) is 6.74. The molecule has 0 bridgehead atoms. The summed E-state index contributed by atoms with van der Waals surface area (Å²) in [5.41, 5.74) is 6.90. The van der Waals surface area contributed by atoms with Crippen LogP contribution in [-0.4, -0.2) is 24.7 Å². The van der Waals surface area contributed by atoms with E-state index in [0.29, 0.717) is 18.8 Å². The first-order chi connectivity index (χ1) is 9.06. The fourth-order valence-electron chi connectivity index (χ4n) is 1.77. The first-order valence-electron chi connectivity index (χ1n) is 6.74. The van der Waals surface area contributed by atoms with Gasteiger partial charge in [0.1, 0.15) is 5.75 Å². The Labute approximate surface area is 114 Å². The molecule has 0 aliphatic heterocycles. The molecule has 0 fully saturated rings. The second kappa shape index (κ2) is 7.79. The molecule has 0 aromatic heterocycles. The SMILES string of the molecule is CCOC(=O)C(CC)Oc1ccc(CC(C)N)cc1. The van der Waals surface area contributed by atoms with Crippen LogP contribution in [0.2, 0.25) is 0 Å². The maximum absolute atomic E-state index is 11.6. The van der Waals surface area contributed by atoms with E-state index in [2.05, 4.69) is 0 Å². The summed E-state index contributed by atoms with van der Waals surface area (Å²) in [6, 6.07) is 7.79. The van der Waals surface area contributed by atoms with Crippen molar-refractivity contribution in [1.82, 2.24) is 0 Å². The summed E-state index contributed by atoms with van der Waals surface area (Å²) in [5.74, 6) is 0.359. The van der Waals surface area contributed by atoms with Crippen LogP contribution in [-0.2, 0) is 16.0 Å². The zero-order valence-corrected chi connectivity index (χ0v) is 11.9. The zero-order chi connectivity index (χ0) is 14.3. The third-order valence-electron chi connectivity index (χ3n) is 2.68. The predicted molar refractivity (Wildman–Crippen MR) is 75.1 cm³/mol. The number of hydrogen-bond donors (Lipinski definition) is 1. The van der Waals surface area contributed by atoms with E-state index in [4.69, 9.17) is 15.2 Å². The molecule has 0 radical (unpaired) electrons. The fraction of sp³-hybridized carbons (Fsp3) is 0.533. The second-order valence-electron chi connectivity index (χ2n) is 4.59. The third-order valence-corrected chi connectivity index (χ3v) is 2.68. The molecule has 2 N–H and O–H groups in total. The summed E-state index contributed by atoms with van der Waals surface area (Å²) in [7, 11) is 0. The van der Waals surface area contributed by atoms with Crippen LogP contribution in [0.5, 0.6) is 5.75 Å². The van der Waals surface area contributed by atoms with Gasteiger partial charge >= 0.3 is 5.97 Å². The highest BCUT2D eigenvalue weighted by Crippen LogP contribution is 2.16. The van der Waals surface area contributed by atoms with Crippen LogP contribution >= 0.6 is 0 Å². The van der Waals surface area contributed by atoms with Crippen LogP contribution in [0.4, 0.5) is 0 Å². The molecule has 0 aliphatic rings. The summed E-state index contributed by atoms with van der Waals surface area (Å²) >= 11 is 0. The van der Waals surface area contributed by atoms with E-state index < -0.39 is 6.10 Å². The number of ether oxygens (including phenoxy) is 2. The Morgan fingerprint density at radius 2 is 1.89 bits per heavy atom. The molecule has 1 aromatic carbocycles. The van der Waals surface area contributed by atoms with Crippen molar-refractivity contribution in [3.05, 3.63) is 29.8 Å². The molecule has 2 unspecified atom stereocenters. The molecule has 0 amide bonds. The van der Waals surface area contributed by atoms with Gasteiger partial charge in [-0.1, -0.05) is 19.1 Å². The molecule has 0 spiro atoms. The summed E-state index contributed by atoms with van der Waals surface area (Å²) in [5, 5.41) is 0. The Balaban J connectivity index is 2.62. The molecule has 106 valence electrons. The van der Waals surface area contributed by atoms with Crippen LogP contribution in [0.25, 0.3) is 0 Å². The van der Waals surface area contributed by atoms with E-state index in [-0.39, 0.29) is 12.0 Å². The van der Waals surface area contributed by atoms with Gasteiger partial charge in [-0.3, -0.25) is 0 Å². The number of nitrogens with two attached hydrogens (primary N) is 1. The molecule has 4 nitrogen and oxygen atoms in total. The van der Waals surface area contributed by atoms with Gasteiger partial charge in [0.2, 0.25) is 0 Å². The van der Waals surface area contributed by atoms with E-state index in [1.807, 2.05) is 38.1 Å². The van der Waals surface area contributed by atoms with E-state index in [9.17, 15) is 4.79 Å². The molecule has 0 saturated carbocycles. The van der Waals surface area contributed by atoms with E-state index in [1.54, 1.807) is 6.92 Å². The Morgan fingerprint density at radius 3 is 2.37 bits per heavy atom. The largest absolute Gasteiger partial charge is 0.479 e. The van der Waals surface area contributed by atoms with Gasteiger partial charge in [0.15, 0.2) is 6.10 Å². The second-order valence-corrected chi connectivity index (χ2v) is 4.59. The molecule has 0 aliphatic carbocycles. The van der Waals surface area contributed by atoms with Crippen LogP contribution in [0.1, 0.15) is 32.8 Å². The van der Waals surface area contributed by atoms with Gasteiger partial charge in [-0.15, -0.1) is 0 Å². The fourth-order valence-corrected chi connectivity index (χ4v) is 1.77. The lowest BCUT2D eigenvalue weighted by atomic mass is 10.1. The van der Waals surface area contributed by atoms with Crippen LogP contribution in [0.15, 0.2) is 24.3 Å². The Hall–Kier alpha value is -1.55. The molecule has 0 saturated heterocycles. The van der Waals surface area contributed by atoms with E-state index >= 15 is 0 Å². The molecular weight excluding hydrogens is 242 g/mol. The van der Waals surface area contributed by atoms with Crippen molar-refractivity contribution in [2.24, 2.45) is 5.73 Å². The average molecular weight is 265 g/mol. The monoisotopic (exact) mass is 265 g/mol. The zero-order valence-electron chi connectivity index (χ0n) is 11.9. The molecule has 1 aromatic rings. The standard InChI is InChI=1S/C15H23NO3/c1-4-14(15(17)18-5-2)19-13-8-6-12(7-9-13)10-11(3)16/h6-9,11,14H,4-5,10,16H2,1-3H3.